The number of para-hydroxylation sites is 2. The Bertz CT molecular complexity index is 756. The lowest BCUT2D eigenvalue weighted by Crippen LogP contribution is -2.51. The first-order chi connectivity index (χ1) is 11.3. The first-order valence-electron chi connectivity index (χ1n) is 7.60. The third-order valence-electron chi connectivity index (χ3n) is 3.55. The summed E-state index contributed by atoms with van der Waals surface area (Å²) in [5.41, 5.74) is 12.6. The largest absolute Gasteiger partial charge is 0.398 e. The number of amides is 2. The molecular formula is C18H22N4O2. The van der Waals surface area contributed by atoms with Crippen LogP contribution in [0.2, 0.25) is 0 Å². The van der Waals surface area contributed by atoms with Gasteiger partial charge in [-0.2, -0.15) is 0 Å². The van der Waals surface area contributed by atoms with Crippen molar-refractivity contribution in [2.75, 3.05) is 18.0 Å². The smallest absolute Gasteiger partial charge is 0.253 e. The Morgan fingerprint density at radius 1 is 0.875 bits per heavy atom. The second-order valence-corrected chi connectivity index (χ2v) is 6.20. The predicted octanol–water partition coefficient (Wildman–Crippen LogP) is 1.79. The van der Waals surface area contributed by atoms with Gasteiger partial charge in [0.2, 0.25) is 0 Å². The van der Waals surface area contributed by atoms with Gasteiger partial charge in [-0.25, -0.2) is 0 Å². The molecule has 0 aliphatic rings. The molecule has 0 aromatic heterocycles. The third-order valence-corrected chi connectivity index (χ3v) is 3.55. The zero-order valence-electron chi connectivity index (χ0n) is 13.8. The number of nitrogens with one attached hydrogen (secondary N) is 2. The van der Waals surface area contributed by atoms with Gasteiger partial charge in [0.15, 0.2) is 0 Å². The monoisotopic (exact) mass is 326 g/mol. The van der Waals surface area contributed by atoms with Crippen LogP contribution in [0.1, 0.15) is 34.6 Å². The topological polar surface area (TPSA) is 110 Å². The highest BCUT2D eigenvalue weighted by Crippen LogP contribution is 2.13. The van der Waals surface area contributed by atoms with Crippen LogP contribution < -0.4 is 22.1 Å². The summed E-state index contributed by atoms with van der Waals surface area (Å²) in [5.74, 6) is -0.568. The summed E-state index contributed by atoms with van der Waals surface area (Å²) < 4.78 is 0. The SMILES string of the molecule is CC(C)(CNC(=O)c1ccccc1N)NC(=O)c1ccccc1N. The standard InChI is InChI=1S/C18H22N4O2/c1-18(2,22-17(24)13-8-4-6-10-15(13)20)11-21-16(23)12-7-3-5-9-14(12)19/h3-10H,11,19-20H2,1-2H3,(H,21,23)(H,22,24). The van der Waals surface area contributed by atoms with Gasteiger partial charge < -0.3 is 22.1 Å². The third kappa shape index (κ3) is 4.25. The van der Waals surface area contributed by atoms with E-state index in [0.717, 1.165) is 0 Å². The van der Waals surface area contributed by atoms with E-state index in [9.17, 15) is 9.59 Å². The van der Waals surface area contributed by atoms with Gasteiger partial charge in [0.1, 0.15) is 0 Å². The Kier molecular flexibility index (Phi) is 5.08. The maximum atomic E-state index is 12.3. The van der Waals surface area contributed by atoms with Crippen molar-refractivity contribution in [3.05, 3.63) is 59.7 Å². The Hall–Kier alpha value is -3.02. The van der Waals surface area contributed by atoms with Gasteiger partial charge in [-0.15, -0.1) is 0 Å². The van der Waals surface area contributed by atoms with E-state index < -0.39 is 5.54 Å². The van der Waals surface area contributed by atoms with E-state index >= 15 is 0 Å². The highest BCUT2D eigenvalue weighted by molar-refractivity contribution is 6.00. The molecule has 0 aliphatic carbocycles. The van der Waals surface area contributed by atoms with Crippen LogP contribution in [0.15, 0.2) is 48.5 Å². The van der Waals surface area contributed by atoms with Gasteiger partial charge in [-0.3, -0.25) is 9.59 Å². The van der Waals surface area contributed by atoms with Crippen molar-refractivity contribution in [2.45, 2.75) is 19.4 Å². The molecule has 0 heterocycles. The number of anilines is 2. The van der Waals surface area contributed by atoms with Crippen LogP contribution >= 0.6 is 0 Å². The number of carbonyl (C=O) groups is 2. The number of nitrogens with two attached hydrogens (primary N) is 2. The molecule has 0 atom stereocenters. The molecule has 6 nitrogen and oxygen atoms in total. The molecule has 0 fully saturated rings. The minimum Gasteiger partial charge on any atom is -0.398 e. The normalized spacial score (nSPS) is 10.9. The summed E-state index contributed by atoms with van der Waals surface area (Å²) in [4.78, 5) is 24.5. The molecular weight excluding hydrogens is 304 g/mol. The van der Waals surface area contributed by atoms with Crippen molar-refractivity contribution in [1.29, 1.82) is 0 Å². The molecule has 0 bridgehead atoms. The quantitative estimate of drug-likeness (QED) is 0.628. The highest BCUT2D eigenvalue weighted by atomic mass is 16.2. The molecule has 0 radical (unpaired) electrons. The van der Waals surface area contributed by atoms with E-state index in [2.05, 4.69) is 10.6 Å². The Morgan fingerprint density at radius 2 is 1.33 bits per heavy atom. The van der Waals surface area contributed by atoms with E-state index in [1.807, 2.05) is 13.8 Å². The molecule has 0 spiro atoms. The molecule has 2 aromatic carbocycles. The molecule has 24 heavy (non-hydrogen) atoms. The Balaban J connectivity index is 1.99. The molecule has 6 N–H and O–H groups in total. The average molecular weight is 326 g/mol. The zero-order chi connectivity index (χ0) is 17.7. The van der Waals surface area contributed by atoms with Crippen LogP contribution in [0.25, 0.3) is 0 Å². The summed E-state index contributed by atoms with van der Waals surface area (Å²) >= 11 is 0. The van der Waals surface area contributed by atoms with Crippen molar-refractivity contribution >= 4 is 23.2 Å². The fourth-order valence-corrected chi connectivity index (χ4v) is 2.22. The highest BCUT2D eigenvalue weighted by Gasteiger charge is 2.23. The first kappa shape index (κ1) is 17.3. The second kappa shape index (κ2) is 7.04. The number of hydrogen-bond acceptors (Lipinski definition) is 4. The Labute approximate surface area is 141 Å². The van der Waals surface area contributed by atoms with Crippen LogP contribution in [-0.2, 0) is 0 Å². The van der Waals surface area contributed by atoms with Gasteiger partial charge in [0.25, 0.3) is 11.8 Å². The molecule has 0 unspecified atom stereocenters. The van der Waals surface area contributed by atoms with Crippen LogP contribution in [0.4, 0.5) is 11.4 Å². The van der Waals surface area contributed by atoms with Crippen molar-refractivity contribution in [2.24, 2.45) is 0 Å². The molecule has 0 saturated heterocycles. The maximum Gasteiger partial charge on any atom is 0.253 e. The van der Waals surface area contributed by atoms with E-state index in [4.69, 9.17) is 11.5 Å². The summed E-state index contributed by atoms with van der Waals surface area (Å²) in [6.45, 7) is 3.88. The average Bonchev–Trinajstić information content (AvgIpc) is 2.53. The van der Waals surface area contributed by atoms with Crippen molar-refractivity contribution < 1.29 is 9.59 Å². The summed E-state index contributed by atoms with van der Waals surface area (Å²) in [7, 11) is 0. The molecule has 2 aromatic rings. The van der Waals surface area contributed by atoms with Crippen LogP contribution in [0.3, 0.4) is 0 Å². The van der Waals surface area contributed by atoms with E-state index in [1.165, 1.54) is 0 Å². The molecule has 2 amide bonds. The molecule has 126 valence electrons. The van der Waals surface area contributed by atoms with E-state index in [-0.39, 0.29) is 18.4 Å². The summed E-state index contributed by atoms with van der Waals surface area (Å²) in [5, 5.41) is 5.66. The predicted molar refractivity (Wildman–Crippen MR) is 95.6 cm³/mol. The number of benzene rings is 2. The van der Waals surface area contributed by atoms with Gasteiger partial charge in [-0.1, -0.05) is 24.3 Å². The zero-order valence-corrected chi connectivity index (χ0v) is 13.8. The Morgan fingerprint density at radius 3 is 1.83 bits per heavy atom. The maximum absolute atomic E-state index is 12.3. The number of carbonyl (C=O) groups excluding carboxylic acids is 2. The van der Waals surface area contributed by atoms with Crippen LogP contribution in [-0.4, -0.2) is 23.9 Å². The van der Waals surface area contributed by atoms with Gasteiger partial charge in [-0.05, 0) is 38.1 Å². The molecule has 0 aliphatic heterocycles. The number of hydrogen-bond donors (Lipinski definition) is 4. The fraction of sp³-hybridized carbons (Fsp3) is 0.222. The second-order valence-electron chi connectivity index (χ2n) is 6.20. The summed E-state index contributed by atoms with van der Waals surface area (Å²) in [6, 6.07) is 13.7. The fourth-order valence-electron chi connectivity index (χ4n) is 2.22. The number of nitrogen functional groups attached to an aromatic ring is 2. The van der Waals surface area contributed by atoms with Gasteiger partial charge in [0, 0.05) is 17.9 Å². The van der Waals surface area contributed by atoms with Crippen LogP contribution in [0, 0.1) is 0 Å². The van der Waals surface area contributed by atoms with Crippen molar-refractivity contribution in [1.82, 2.24) is 10.6 Å². The van der Waals surface area contributed by atoms with Crippen LogP contribution in [0.5, 0.6) is 0 Å². The lowest BCUT2D eigenvalue weighted by Gasteiger charge is -2.27. The molecule has 6 heteroatoms. The summed E-state index contributed by atoms with van der Waals surface area (Å²) in [6.07, 6.45) is 0. The van der Waals surface area contributed by atoms with E-state index in [0.29, 0.717) is 22.5 Å². The minimum absolute atomic E-state index is 0.249. The molecule has 0 saturated carbocycles. The lowest BCUT2D eigenvalue weighted by molar-refractivity contribution is 0.0882. The first-order valence-corrected chi connectivity index (χ1v) is 7.60. The van der Waals surface area contributed by atoms with Crippen molar-refractivity contribution in [3.63, 3.8) is 0 Å². The lowest BCUT2D eigenvalue weighted by atomic mass is 10.0. The van der Waals surface area contributed by atoms with E-state index in [1.54, 1.807) is 48.5 Å². The minimum atomic E-state index is -0.654. The van der Waals surface area contributed by atoms with Gasteiger partial charge in [0.05, 0.1) is 16.7 Å². The number of rotatable bonds is 5. The van der Waals surface area contributed by atoms with Crippen molar-refractivity contribution in [3.8, 4) is 0 Å². The molecule has 2 rings (SSSR count). The van der Waals surface area contributed by atoms with Gasteiger partial charge >= 0.3 is 0 Å².